The van der Waals surface area contributed by atoms with E-state index in [1.807, 2.05) is 67.8 Å². The number of nitrogens with one attached hydrogen (secondary N) is 1. The lowest BCUT2D eigenvalue weighted by atomic mass is 10.0. The van der Waals surface area contributed by atoms with Crippen molar-refractivity contribution in [3.05, 3.63) is 72.7 Å². The second-order valence-electron chi connectivity index (χ2n) is 5.97. The molecule has 0 aliphatic carbocycles. The molecule has 5 nitrogen and oxygen atoms in total. The second kappa shape index (κ2) is 6.80. The molecule has 0 bridgehead atoms. The van der Waals surface area contributed by atoms with E-state index in [0.29, 0.717) is 0 Å². The number of rotatable bonds is 4. The standard InChI is InChI=1S/C21H18N4O/c1-14-4-3-5-19(24-14)21-18(13-23-25-21)16-10-11-22-20(12-16)15-6-8-17(26-2)9-7-15/h3-13H,1-2H3,(H,23,25). The average Bonchev–Trinajstić information content (AvgIpc) is 3.18. The smallest absolute Gasteiger partial charge is 0.118 e. The zero-order valence-corrected chi connectivity index (χ0v) is 14.6. The third kappa shape index (κ3) is 3.07. The molecule has 5 heteroatoms. The van der Waals surface area contributed by atoms with E-state index in [1.165, 1.54) is 0 Å². The van der Waals surface area contributed by atoms with Gasteiger partial charge in [-0.25, -0.2) is 0 Å². The van der Waals surface area contributed by atoms with E-state index < -0.39 is 0 Å². The van der Waals surface area contributed by atoms with E-state index in [4.69, 9.17) is 4.74 Å². The number of aryl methyl sites for hydroxylation is 1. The Morgan fingerprint density at radius 2 is 1.77 bits per heavy atom. The van der Waals surface area contributed by atoms with Crippen LogP contribution < -0.4 is 4.74 Å². The van der Waals surface area contributed by atoms with Crippen molar-refractivity contribution in [3.63, 3.8) is 0 Å². The van der Waals surface area contributed by atoms with Crippen LogP contribution in [0.2, 0.25) is 0 Å². The summed E-state index contributed by atoms with van der Waals surface area (Å²) in [5.74, 6) is 0.826. The monoisotopic (exact) mass is 342 g/mol. The summed E-state index contributed by atoms with van der Waals surface area (Å²) in [5, 5.41) is 7.37. The van der Waals surface area contributed by atoms with E-state index in [-0.39, 0.29) is 0 Å². The Morgan fingerprint density at radius 1 is 0.923 bits per heavy atom. The Morgan fingerprint density at radius 3 is 2.54 bits per heavy atom. The van der Waals surface area contributed by atoms with Crippen LogP contribution in [0.15, 0.2) is 67.0 Å². The van der Waals surface area contributed by atoms with Crippen molar-refractivity contribution in [2.24, 2.45) is 0 Å². The van der Waals surface area contributed by atoms with Crippen molar-refractivity contribution in [1.82, 2.24) is 20.2 Å². The highest BCUT2D eigenvalue weighted by Crippen LogP contribution is 2.31. The maximum absolute atomic E-state index is 5.22. The normalized spacial score (nSPS) is 10.7. The van der Waals surface area contributed by atoms with E-state index >= 15 is 0 Å². The number of hydrogen-bond acceptors (Lipinski definition) is 4. The number of benzene rings is 1. The number of hydrogen-bond donors (Lipinski definition) is 1. The molecule has 3 heterocycles. The van der Waals surface area contributed by atoms with Crippen molar-refractivity contribution in [3.8, 4) is 39.5 Å². The molecular formula is C21H18N4O. The van der Waals surface area contributed by atoms with Gasteiger partial charge in [0.1, 0.15) is 11.4 Å². The van der Waals surface area contributed by atoms with Crippen LogP contribution in [0.25, 0.3) is 33.8 Å². The lowest BCUT2D eigenvalue weighted by molar-refractivity contribution is 0.415. The van der Waals surface area contributed by atoms with Gasteiger partial charge >= 0.3 is 0 Å². The Kier molecular flexibility index (Phi) is 4.19. The first kappa shape index (κ1) is 16.0. The van der Waals surface area contributed by atoms with Crippen LogP contribution in [0.3, 0.4) is 0 Å². The van der Waals surface area contributed by atoms with E-state index in [1.54, 1.807) is 7.11 Å². The van der Waals surface area contributed by atoms with E-state index in [2.05, 4.69) is 26.2 Å². The van der Waals surface area contributed by atoms with Crippen LogP contribution >= 0.6 is 0 Å². The number of H-pyrrole nitrogens is 1. The number of ether oxygens (including phenoxy) is 1. The lowest BCUT2D eigenvalue weighted by Gasteiger charge is -2.07. The zero-order chi connectivity index (χ0) is 17.9. The molecular weight excluding hydrogens is 324 g/mol. The Bertz CT molecular complexity index is 1040. The van der Waals surface area contributed by atoms with Gasteiger partial charge < -0.3 is 4.74 Å². The number of aromatic amines is 1. The fourth-order valence-corrected chi connectivity index (χ4v) is 2.90. The molecule has 128 valence electrons. The highest BCUT2D eigenvalue weighted by atomic mass is 16.5. The van der Waals surface area contributed by atoms with Crippen LogP contribution in [-0.2, 0) is 0 Å². The first-order valence-electron chi connectivity index (χ1n) is 8.33. The summed E-state index contributed by atoms with van der Waals surface area (Å²) in [7, 11) is 1.66. The van der Waals surface area contributed by atoms with Gasteiger partial charge in [0.2, 0.25) is 0 Å². The molecule has 0 atom stereocenters. The van der Waals surface area contributed by atoms with Gasteiger partial charge in [-0.3, -0.25) is 15.1 Å². The summed E-state index contributed by atoms with van der Waals surface area (Å²) in [5.41, 5.74) is 6.62. The van der Waals surface area contributed by atoms with Crippen LogP contribution in [0, 0.1) is 6.92 Å². The van der Waals surface area contributed by atoms with Gasteiger partial charge in [-0.1, -0.05) is 6.07 Å². The van der Waals surface area contributed by atoms with Crippen molar-refractivity contribution in [1.29, 1.82) is 0 Å². The quantitative estimate of drug-likeness (QED) is 0.592. The molecule has 0 radical (unpaired) electrons. The molecule has 0 fully saturated rings. The predicted molar refractivity (Wildman–Crippen MR) is 102 cm³/mol. The van der Waals surface area contributed by atoms with Gasteiger partial charge in [0.25, 0.3) is 0 Å². The molecule has 0 spiro atoms. The van der Waals surface area contributed by atoms with Gasteiger partial charge in [0.15, 0.2) is 0 Å². The molecule has 4 rings (SSSR count). The molecule has 1 N–H and O–H groups in total. The fourth-order valence-electron chi connectivity index (χ4n) is 2.90. The van der Waals surface area contributed by atoms with Crippen molar-refractivity contribution in [2.75, 3.05) is 7.11 Å². The van der Waals surface area contributed by atoms with Crippen molar-refractivity contribution < 1.29 is 4.74 Å². The Balaban J connectivity index is 1.75. The molecule has 3 aromatic heterocycles. The van der Waals surface area contributed by atoms with Crippen LogP contribution in [0.1, 0.15) is 5.69 Å². The van der Waals surface area contributed by atoms with Gasteiger partial charge in [0, 0.05) is 29.2 Å². The van der Waals surface area contributed by atoms with Gasteiger partial charge in [-0.2, -0.15) is 5.10 Å². The van der Waals surface area contributed by atoms with Crippen LogP contribution in [0.5, 0.6) is 5.75 Å². The third-order valence-electron chi connectivity index (χ3n) is 4.23. The van der Waals surface area contributed by atoms with Crippen molar-refractivity contribution in [2.45, 2.75) is 6.92 Å². The van der Waals surface area contributed by atoms with E-state index in [9.17, 15) is 0 Å². The van der Waals surface area contributed by atoms with Crippen LogP contribution in [-0.4, -0.2) is 27.3 Å². The first-order valence-corrected chi connectivity index (χ1v) is 8.33. The zero-order valence-electron chi connectivity index (χ0n) is 14.6. The SMILES string of the molecule is COc1ccc(-c2cc(-c3c[nH]nc3-c3cccc(C)n3)ccn2)cc1. The number of aromatic nitrogens is 4. The second-order valence-corrected chi connectivity index (χ2v) is 5.97. The summed E-state index contributed by atoms with van der Waals surface area (Å²) in [6, 6.07) is 17.9. The maximum atomic E-state index is 5.22. The summed E-state index contributed by atoms with van der Waals surface area (Å²) < 4.78 is 5.22. The maximum Gasteiger partial charge on any atom is 0.118 e. The summed E-state index contributed by atoms with van der Waals surface area (Å²) in [6.07, 6.45) is 3.71. The minimum atomic E-state index is 0.826. The molecule has 26 heavy (non-hydrogen) atoms. The highest BCUT2D eigenvalue weighted by Gasteiger charge is 2.13. The minimum absolute atomic E-state index is 0.826. The molecule has 1 aromatic carbocycles. The minimum Gasteiger partial charge on any atom is -0.497 e. The molecule has 0 aliphatic rings. The number of pyridine rings is 2. The topological polar surface area (TPSA) is 63.7 Å². The van der Waals surface area contributed by atoms with Crippen LogP contribution in [0.4, 0.5) is 0 Å². The van der Waals surface area contributed by atoms with E-state index in [0.717, 1.165) is 45.2 Å². The van der Waals surface area contributed by atoms with Gasteiger partial charge in [-0.15, -0.1) is 0 Å². The molecule has 4 aromatic rings. The first-order chi connectivity index (χ1) is 12.7. The fraction of sp³-hybridized carbons (Fsp3) is 0.0952. The van der Waals surface area contributed by atoms with Gasteiger partial charge in [0.05, 0.1) is 18.5 Å². The molecule has 0 saturated carbocycles. The predicted octanol–water partition coefficient (Wildman–Crippen LogP) is 4.52. The lowest BCUT2D eigenvalue weighted by Crippen LogP contribution is -1.90. The molecule has 0 unspecified atom stereocenters. The largest absolute Gasteiger partial charge is 0.497 e. The number of methoxy groups -OCH3 is 1. The van der Waals surface area contributed by atoms with Gasteiger partial charge in [-0.05, 0) is 61.0 Å². The Hall–Kier alpha value is -3.47. The molecule has 0 amide bonds. The molecule has 0 saturated heterocycles. The highest BCUT2D eigenvalue weighted by molar-refractivity contribution is 5.80. The Labute approximate surface area is 151 Å². The average molecular weight is 342 g/mol. The third-order valence-corrected chi connectivity index (χ3v) is 4.23. The summed E-state index contributed by atoms with van der Waals surface area (Å²) in [6.45, 7) is 1.98. The number of nitrogens with zero attached hydrogens (tertiary/aromatic N) is 3. The summed E-state index contributed by atoms with van der Waals surface area (Å²) >= 11 is 0. The molecule has 0 aliphatic heterocycles. The van der Waals surface area contributed by atoms with Crippen molar-refractivity contribution >= 4 is 0 Å². The summed E-state index contributed by atoms with van der Waals surface area (Å²) in [4.78, 5) is 9.09.